The van der Waals surface area contributed by atoms with Crippen molar-refractivity contribution in [2.75, 3.05) is 18.4 Å². The van der Waals surface area contributed by atoms with Gasteiger partial charge in [0, 0.05) is 22.6 Å². The predicted octanol–water partition coefficient (Wildman–Crippen LogP) is 4.38. The van der Waals surface area contributed by atoms with E-state index in [1.165, 1.54) is 12.8 Å². The lowest BCUT2D eigenvalue weighted by molar-refractivity contribution is -0.116. The van der Waals surface area contributed by atoms with Gasteiger partial charge in [-0.25, -0.2) is 0 Å². The standard InChI is InChI=1S/C17H25BrN2O2.ClH/c1-12(2)22-16-10-14(18)9-15(11-16)20-17(21)4-3-13-5-7-19-8-6-13;/h9-13,19H,3-8H2,1-2H3,(H,20,21);1H. The molecule has 0 radical (unpaired) electrons. The largest absolute Gasteiger partial charge is 0.491 e. The molecule has 1 fully saturated rings. The first-order valence-corrected chi connectivity index (χ1v) is 8.80. The zero-order chi connectivity index (χ0) is 15.9. The molecule has 1 aliphatic rings. The fourth-order valence-corrected chi connectivity index (χ4v) is 3.18. The summed E-state index contributed by atoms with van der Waals surface area (Å²) >= 11 is 3.46. The van der Waals surface area contributed by atoms with Crippen molar-refractivity contribution in [1.29, 1.82) is 0 Å². The van der Waals surface area contributed by atoms with Gasteiger partial charge in [0.1, 0.15) is 5.75 Å². The number of benzene rings is 1. The predicted molar refractivity (Wildman–Crippen MR) is 101 cm³/mol. The third-order valence-corrected chi connectivity index (χ3v) is 4.22. The molecule has 23 heavy (non-hydrogen) atoms. The molecule has 2 rings (SSSR count). The van der Waals surface area contributed by atoms with Gasteiger partial charge in [-0.15, -0.1) is 12.4 Å². The highest BCUT2D eigenvalue weighted by Gasteiger charge is 2.14. The van der Waals surface area contributed by atoms with Crippen molar-refractivity contribution in [2.45, 2.75) is 45.6 Å². The van der Waals surface area contributed by atoms with Crippen LogP contribution < -0.4 is 15.4 Å². The molecule has 4 nitrogen and oxygen atoms in total. The third kappa shape index (κ3) is 7.55. The van der Waals surface area contributed by atoms with Gasteiger partial charge in [-0.1, -0.05) is 15.9 Å². The van der Waals surface area contributed by atoms with Crippen molar-refractivity contribution >= 4 is 39.9 Å². The van der Waals surface area contributed by atoms with Gasteiger partial charge in [-0.3, -0.25) is 4.79 Å². The Kier molecular flexibility index (Phi) is 8.95. The molecule has 0 unspecified atom stereocenters. The summed E-state index contributed by atoms with van der Waals surface area (Å²) in [6.45, 7) is 6.12. The van der Waals surface area contributed by atoms with Gasteiger partial charge in [0.05, 0.1) is 6.10 Å². The zero-order valence-corrected chi connectivity index (χ0v) is 16.1. The maximum atomic E-state index is 12.1. The van der Waals surface area contributed by atoms with Crippen LogP contribution in [0, 0.1) is 5.92 Å². The molecule has 0 bridgehead atoms. The SMILES string of the molecule is CC(C)Oc1cc(Br)cc(NC(=O)CCC2CCNCC2)c1.Cl. The average molecular weight is 406 g/mol. The summed E-state index contributed by atoms with van der Waals surface area (Å²) in [6, 6.07) is 5.67. The van der Waals surface area contributed by atoms with E-state index in [9.17, 15) is 4.79 Å². The zero-order valence-electron chi connectivity index (χ0n) is 13.7. The number of piperidine rings is 1. The summed E-state index contributed by atoms with van der Waals surface area (Å²) in [5.41, 5.74) is 0.778. The quantitative estimate of drug-likeness (QED) is 0.738. The van der Waals surface area contributed by atoms with Crippen LogP contribution in [0.5, 0.6) is 5.75 Å². The van der Waals surface area contributed by atoms with Crippen LogP contribution >= 0.6 is 28.3 Å². The summed E-state index contributed by atoms with van der Waals surface area (Å²) in [5, 5.41) is 6.32. The molecule has 1 aliphatic heterocycles. The van der Waals surface area contributed by atoms with E-state index in [1.54, 1.807) is 0 Å². The van der Waals surface area contributed by atoms with Crippen molar-refractivity contribution < 1.29 is 9.53 Å². The minimum Gasteiger partial charge on any atom is -0.491 e. The van der Waals surface area contributed by atoms with Crippen molar-refractivity contribution in [3.05, 3.63) is 22.7 Å². The summed E-state index contributed by atoms with van der Waals surface area (Å²) in [7, 11) is 0. The molecule has 0 spiro atoms. The van der Waals surface area contributed by atoms with Crippen LogP contribution in [-0.2, 0) is 4.79 Å². The summed E-state index contributed by atoms with van der Waals surface area (Å²) in [6.07, 6.45) is 4.01. The van der Waals surface area contributed by atoms with Gasteiger partial charge < -0.3 is 15.4 Å². The summed E-state index contributed by atoms with van der Waals surface area (Å²) in [5.74, 6) is 1.51. The Labute approximate surface area is 153 Å². The monoisotopic (exact) mass is 404 g/mol. The van der Waals surface area contributed by atoms with Crippen LogP contribution in [0.4, 0.5) is 5.69 Å². The lowest BCUT2D eigenvalue weighted by atomic mass is 9.93. The topological polar surface area (TPSA) is 50.4 Å². The van der Waals surface area contributed by atoms with E-state index in [0.29, 0.717) is 12.3 Å². The lowest BCUT2D eigenvalue weighted by Gasteiger charge is -2.22. The Morgan fingerprint density at radius 1 is 1.35 bits per heavy atom. The van der Waals surface area contributed by atoms with Crippen LogP contribution in [0.2, 0.25) is 0 Å². The van der Waals surface area contributed by atoms with E-state index in [2.05, 4.69) is 26.6 Å². The van der Waals surface area contributed by atoms with Crippen molar-refractivity contribution in [3.63, 3.8) is 0 Å². The molecule has 0 saturated carbocycles. The minimum atomic E-state index is 0. The normalized spacial score (nSPS) is 15.1. The number of nitrogens with one attached hydrogen (secondary N) is 2. The Morgan fingerprint density at radius 2 is 2.04 bits per heavy atom. The van der Waals surface area contributed by atoms with Gasteiger partial charge in [0.25, 0.3) is 0 Å². The number of ether oxygens (including phenoxy) is 1. The van der Waals surface area contributed by atoms with Gasteiger partial charge in [-0.2, -0.15) is 0 Å². The number of amides is 1. The Balaban J connectivity index is 0.00000264. The molecule has 2 N–H and O–H groups in total. The summed E-state index contributed by atoms with van der Waals surface area (Å²) < 4.78 is 6.59. The van der Waals surface area contributed by atoms with Crippen LogP contribution in [-0.4, -0.2) is 25.1 Å². The first-order valence-electron chi connectivity index (χ1n) is 8.01. The molecule has 6 heteroatoms. The second-order valence-electron chi connectivity index (χ2n) is 6.12. The van der Waals surface area contributed by atoms with E-state index in [0.717, 1.165) is 35.4 Å². The second kappa shape index (κ2) is 10.2. The molecule has 130 valence electrons. The number of rotatable bonds is 6. The maximum Gasteiger partial charge on any atom is 0.224 e. The number of anilines is 1. The molecular weight excluding hydrogens is 380 g/mol. The van der Waals surface area contributed by atoms with Crippen molar-refractivity contribution in [2.24, 2.45) is 5.92 Å². The Morgan fingerprint density at radius 3 is 2.70 bits per heavy atom. The van der Waals surface area contributed by atoms with Gasteiger partial charge in [0.15, 0.2) is 0 Å². The molecular formula is C17H26BrClN2O2. The Bertz CT molecular complexity index is 505. The molecule has 0 aliphatic carbocycles. The van der Waals surface area contributed by atoms with Crippen LogP contribution in [0.1, 0.15) is 39.5 Å². The lowest BCUT2D eigenvalue weighted by Crippen LogP contribution is -2.28. The van der Waals surface area contributed by atoms with E-state index >= 15 is 0 Å². The fraction of sp³-hybridized carbons (Fsp3) is 0.588. The Hall–Kier alpha value is -0.780. The van der Waals surface area contributed by atoms with Gasteiger partial charge in [0.2, 0.25) is 5.91 Å². The van der Waals surface area contributed by atoms with E-state index in [4.69, 9.17) is 4.74 Å². The van der Waals surface area contributed by atoms with Crippen LogP contribution in [0.15, 0.2) is 22.7 Å². The highest BCUT2D eigenvalue weighted by atomic mass is 79.9. The molecule has 0 atom stereocenters. The van der Waals surface area contributed by atoms with Crippen molar-refractivity contribution in [1.82, 2.24) is 5.32 Å². The number of carbonyl (C=O) groups is 1. The number of hydrogen-bond donors (Lipinski definition) is 2. The molecule has 1 aromatic carbocycles. The highest BCUT2D eigenvalue weighted by Crippen LogP contribution is 2.26. The van der Waals surface area contributed by atoms with Gasteiger partial charge in [-0.05, 0) is 64.3 Å². The maximum absolute atomic E-state index is 12.1. The molecule has 1 saturated heterocycles. The first-order chi connectivity index (χ1) is 10.5. The van der Waals surface area contributed by atoms with E-state index < -0.39 is 0 Å². The van der Waals surface area contributed by atoms with E-state index in [1.807, 2.05) is 32.0 Å². The van der Waals surface area contributed by atoms with Crippen molar-refractivity contribution in [3.8, 4) is 5.75 Å². The first kappa shape index (κ1) is 20.3. The highest BCUT2D eigenvalue weighted by molar-refractivity contribution is 9.10. The van der Waals surface area contributed by atoms with Crippen LogP contribution in [0.25, 0.3) is 0 Å². The fourth-order valence-electron chi connectivity index (χ4n) is 2.70. The smallest absolute Gasteiger partial charge is 0.224 e. The molecule has 1 heterocycles. The van der Waals surface area contributed by atoms with Crippen LogP contribution in [0.3, 0.4) is 0 Å². The number of halogens is 2. The average Bonchev–Trinajstić information content (AvgIpc) is 2.45. The minimum absolute atomic E-state index is 0. The van der Waals surface area contributed by atoms with E-state index in [-0.39, 0.29) is 24.4 Å². The summed E-state index contributed by atoms with van der Waals surface area (Å²) in [4.78, 5) is 12.1. The third-order valence-electron chi connectivity index (χ3n) is 3.77. The van der Waals surface area contributed by atoms with Gasteiger partial charge >= 0.3 is 0 Å². The number of hydrogen-bond acceptors (Lipinski definition) is 3. The number of carbonyl (C=O) groups excluding carboxylic acids is 1. The second-order valence-corrected chi connectivity index (χ2v) is 7.04. The molecule has 1 aromatic rings. The molecule has 0 aromatic heterocycles. The molecule has 1 amide bonds.